The number of halogens is 1. The molecule has 0 saturated carbocycles. The second-order valence-corrected chi connectivity index (χ2v) is 5.33. The third-order valence-corrected chi connectivity index (χ3v) is 3.54. The molecule has 0 spiro atoms. The molecular weight excluding hydrogens is 274 g/mol. The minimum Gasteiger partial charge on any atom is -0.398 e. The number of hydrogen-bond acceptors (Lipinski definition) is 4. The van der Waals surface area contributed by atoms with Crippen molar-refractivity contribution in [1.82, 2.24) is 10.6 Å². The molecule has 0 radical (unpaired) electrons. The third kappa shape index (κ3) is 4.12. The van der Waals surface area contributed by atoms with E-state index >= 15 is 0 Å². The van der Waals surface area contributed by atoms with Crippen LogP contribution in [0.5, 0.6) is 0 Å². The molecular formula is C11H14ClN3O2S. The highest BCUT2D eigenvalue weighted by atomic mass is 35.5. The van der Waals surface area contributed by atoms with Crippen LogP contribution in [0.25, 0.3) is 0 Å². The fourth-order valence-corrected chi connectivity index (χ4v) is 2.27. The van der Waals surface area contributed by atoms with E-state index in [1.54, 1.807) is 25.1 Å². The second kappa shape index (κ2) is 6.51. The molecule has 0 aliphatic carbocycles. The molecule has 18 heavy (non-hydrogen) atoms. The van der Waals surface area contributed by atoms with Crippen molar-refractivity contribution in [2.24, 2.45) is 0 Å². The topological polar surface area (TPSA) is 84.2 Å². The van der Waals surface area contributed by atoms with Crippen LogP contribution in [0.15, 0.2) is 23.1 Å². The van der Waals surface area contributed by atoms with Crippen molar-refractivity contribution in [2.45, 2.75) is 17.1 Å². The monoisotopic (exact) mass is 287 g/mol. The summed E-state index contributed by atoms with van der Waals surface area (Å²) in [6.45, 7) is 1.70. The molecule has 1 aromatic rings. The maximum atomic E-state index is 11.6. The van der Waals surface area contributed by atoms with Crippen LogP contribution in [-0.4, -0.2) is 24.2 Å². The molecule has 5 nitrogen and oxygen atoms in total. The van der Waals surface area contributed by atoms with Crippen molar-refractivity contribution in [2.75, 3.05) is 12.8 Å². The van der Waals surface area contributed by atoms with Crippen LogP contribution in [0, 0.1) is 0 Å². The molecule has 1 rings (SSSR count). The highest BCUT2D eigenvalue weighted by Gasteiger charge is 2.16. The maximum Gasteiger partial charge on any atom is 0.321 e. The van der Waals surface area contributed by atoms with Gasteiger partial charge >= 0.3 is 6.03 Å². The molecule has 3 amide bonds. The molecule has 0 aliphatic rings. The van der Waals surface area contributed by atoms with Crippen LogP contribution in [0.1, 0.15) is 6.92 Å². The largest absolute Gasteiger partial charge is 0.398 e. The van der Waals surface area contributed by atoms with Gasteiger partial charge in [-0.05, 0) is 25.1 Å². The lowest BCUT2D eigenvalue weighted by Crippen LogP contribution is -2.41. The number of imide groups is 1. The Balaban J connectivity index is 2.63. The zero-order valence-corrected chi connectivity index (χ0v) is 11.6. The van der Waals surface area contributed by atoms with Crippen LogP contribution in [0.3, 0.4) is 0 Å². The van der Waals surface area contributed by atoms with Crippen molar-refractivity contribution >= 4 is 41.0 Å². The van der Waals surface area contributed by atoms with Crippen molar-refractivity contribution in [3.05, 3.63) is 23.2 Å². The number of amides is 3. The van der Waals surface area contributed by atoms with E-state index in [0.29, 0.717) is 10.7 Å². The number of thioether (sulfide) groups is 1. The summed E-state index contributed by atoms with van der Waals surface area (Å²) in [4.78, 5) is 23.4. The predicted octanol–water partition coefficient (Wildman–Crippen LogP) is 1.86. The van der Waals surface area contributed by atoms with E-state index in [-0.39, 0.29) is 5.91 Å². The zero-order valence-electron chi connectivity index (χ0n) is 9.99. The molecule has 1 aromatic carbocycles. The first-order chi connectivity index (χ1) is 8.43. The minimum atomic E-state index is -0.525. The molecule has 0 heterocycles. The van der Waals surface area contributed by atoms with E-state index in [2.05, 4.69) is 10.6 Å². The Morgan fingerprint density at radius 3 is 2.67 bits per heavy atom. The van der Waals surface area contributed by atoms with Gasteiger partial charge in [-0.1, -0.05) is 11.6 Å². The summed E-state index contributed by atoms with van der Waals surface area (Å²) >= 11 is 7.18. The van der Waals surface area contributed by atoms with Gasteiger partial charge in [-0.3, -0.25) is 10.1 Å². The van der Waals surface area contributed by atoms with Crippen LogP contribution in [-0.2, 0) is 4.79 Å². The van der Waals surface area contributed by atoms with E-state index in [1.807, 2.05) is 0 Å². The average molecular weight is 288 g/mol. The Hall–Kier alpha value is -1.40. The SMILES string of the molecule is CNC(=O)NC(=O)C(C)Sc1ccc(N)c(Cl)c1. The summed E-state index contributed by atoms with van der Waals surface area (Å²) in [5.74, 6) is -0.368. The molecule has 0 saturated heterocycles. The van der Waals surface area contributed by atoms with Crippen molar-refractivity contribution in [1.29, 1.82) is 0 Å². The number of carbonyl (C=O) groups excluding carboxylic acids is 2. The molecule has 0 aromatic heterocycles. The maximum absolute atomic E-state index is 11.6. The summed E-state index contributed by atoms with van der Waals surface area (Å²) in [6.07, 6.45) is 0. The van der Waals surface area contributed by atoms with Gasteiger partial charge in [0.25, 0.3) is 0 Å². The molecule has 4 N–H and O–H groups in total. The molecule has 1 unspecified atom stereocenters. The molecule has 7 heteroatoms. The molecule has 98 valence electrons. The molecule has 0 bridgehead atoms. The fourth-order valence-electron chi connectivity index (χ4n) is 1.11. The molecule has 0 fully saturated rings. The summed E-state index contributed by atoms with van der Waals surface area (Å²) in [7, 11) is 1.44. The summed E-state index contributed by atoms with van der Waals surface area (Å²) in [5.41, 5.74) is 6.08. The Labute approximate surface area is 114 Å². The summed E-state index contributed by atoms with van der Waals surface area (Å²) in [6, 6.07) is 4.61. The van der Waals surface area contributed by atoms with Crippen molar-refractivity contribution in [3.63, 3.8) is 0 Å². The van der Waals surface area contributed by atoms with E-state index in [1.165, 1.54) is 18.8 Å². The number of nitrogen functional groups attached to an aromatic ring is 1. The van der Waals surface area contributed by atoms with Gasteiger partial charge in [-0.15, -0.1) is 11.8 Å². The summed E-state index contributed by atoms with van der Waals surface area (Å²) in [5, 5.41) is 4.55. The normalized spacial score (nSPS) is 11.7. The van der Waals surface area contributed by atoms with E-state index in [9.17, 15) is 9.59 Å². The van der Waals surface area contributed by atoms with E-state index in [4.69, 9.17) is 17.3 Å². The number of benzene rings is 1. The number of urea groups is 1. The van der Waals surface area contributed by atoms with E-state index < -0.39 is 11.3 Å². The quantitative estimate of drug-likeness (QED) is 0.585. The Morgan fingerprint density at radius 1 is 1.44 bits per heavy atom. The lowest BCUT2D eigenvalue weighted by Gasteiger charge is -2.11. The number of hydrogen-bond donors (Lipinski definition) is 3. The number of carbonyl (C=O) groups is 2. The highest BCUT2D eigenvalue weighted by molar-refractivity contribution is 8.00. The van der Waals surface area contributed by atoms with Crippen LogP contribution >= 0.6 is 23.4 Å². The summed E-state index contributed by atoms with van der Waals surface area (Å²) < 4.78 is 0. The van der Waals surface area contributed by atoms with Gasteiger partial charge in [-0.2, -0.15) is 0 Å². The smallest absolute Gasteiger partial charge is 0.321 e. The van der Waals surface area contributed by atoms with Gasteiger partial charge < -0.3 is 11.1 Å². The van der Waals surface area contributed by atoms with Gasteiger partial charge in [-0.25, -0.2) is 4.79 Å². The first-order valence-corrected chi connectivity index (χ1v) is 6.44. The van der Waals surface area contributed by atoms with Gasteiger partial charge in [0.2, 0.25) is 5.91 Å². The molecule has 1 atom stereocenters. The first-order valence-electron chi connectivity index (χ1n) is 5.18. The van der Waals surface area contributed by atoms with Crippen molar-refractivity contribution < 1.29 is 9.59 Å². The number of nitrogens with one attached hydrogen (secondary N) is 2. The Bertz CT molecular complexity index is 468. The standard InChI is InChI=1S/C11H14ClN3O2S/c1-6(10(16)15-11(17)14-2)18-7-3-4-9(13)8(12)5-7/h3-6H,13H2,1-2H3,(H2,14,15,16,17). The number of rotatable bonds is 3. The van der Waals surface area contributed by atoms with Crippen LogP contribution in [0.2, 0.25) is 5.02 Å². The second-order valence-electron chi connectivity index (χ2n) is 3.51. The van der Waals surface area contributed by atoms with Gasteiger partial charge in [0.1, 0.15) is 0 Å². The van der Waals surface area contributed by atoms with Gasteiger partial charge in [0.15, 0.2) is 0 Å². The first kappa shape index (κ1) is 14.7. The predicted molar refractivity (Wildman–Crippen MR) is 73.8 cm³/mol. The Morgan fingerprint density at radius 2 is 2.11 bits per heavy atom. The van der Waals surface area contributed by atoms with Gasteiger partial charge in [0, 0.05) is 11.9 Å². The number of nitrogens with two attached hydrogens (primary N) is 1. The van der Waals surface area contributed by atoms with Crippen LogP contribution in [0.4, 0.5) is 10.5 Å². The van der Waals surface area contributed by atoms with Crippen LogP contribution < -0.4 is 16.4 Å². The fraction of sp³-hybridized carbons (Fsp3) is 0.273. The zero-order chi connectivity index (χ0) is 13.7. The van der Waals surface area contributed by atoms with E-state index in [0.717, 1.165) is 4.90 Å². The highest BCUT2D eigenvalue weighted by Crippen LogP contribution is 2.28. The lowest BCUT2D eigenvalue weighted by molar-refractivity contribution is -0.119. The lowest BCUT2D eigenvalue weighted by atomic mass is 10.3. The Kier molecular flexibility index (Phi) is 5.30. The number of anilines is 1. The average Bonchev–Trinajstić information content (AvgIpc) is 2.33. The third-order valence-electron chi connectivity index (χ3n) is 2.12. The van der Waals surface area contributed by atoms with Gasteiger partial charge in [0.05, 0.1) is 16.0 Å². The van der Waals surface area contributed by atoms with Crippen molar-refractivity contribution in [3.8, 4) is 0 Å². The molecule has 0 aliphatic heterocycles. The minimum absolute atomic E-state index is 0.368.